The topological polar surface area (TPSA) is 131 Å². The molecule has 0 aliphatic carbocycles. The summed E-state index contributed by atoms with van der Waals surface area (Å²) < 4.78 is 42.0. The first-order valence-electron chi connectivity index (χ1n) is 10.6. The van der Waals surface area contributed by atoms with Crippen LogP contribution < -0.4 is 19.9 Å². The molecule has 10 nitrogen and oxygen atoms in total. The summed E-state index contributed by atoms with van der Waals surface area (Å²) in [5.74, 6) is -1.13. The number of hydrogen-bond donors (Lipinski definition) is 1. The maximum absolute atomic E-state index is 13.4. The van der Waals surface area contributed by atoms with Crippen molar-refractivity contribution in [2.45, 2.75) is 19.8 Å². The van der Waals surface area contributed by atoms with Crippen molar-refractivity contribution < 1.29 is 32.6 Å². The highest BCUT2D eigenvalue weighted by molar-refractivity contribution is 5.94. The molecule has 3 heterocycles. The van der Waals surface area contributed by atoms with E-state index in [1.165, 1.54) is 53.6 Å². The summed E-state index contributed by atoms with van der Waals surface area (Å²) in [6, 6.07) is 11.4. The van der Waals surface area contributed by atoms with Gasteiger partial charge in [-0.2, -0.15) is 10.4 Å². The van der Waals surface area contributed by atoms with Crippen molar-refractivity contribution in [3.63, 3.8) is 0 Å². The highest BCUT2D eigenvalue weighted by Gasteiger charge is 2.43. The molecule has 1 amide bonds. The van der Waals surface area contributed by atoms with E-state index in [0.717, 1.165) is 4.68 Å². The Bertz CT molecular complexity index is 1620. The van der Waals surface area contributed by atoms with Gasteiger partial charge in [-0.1, -0.05) is 0 Å². The highest BCUT2D eigenvalue weighted by atomic mass is 19.3. The molecule has 0 bridgehead atoms. The Morgan fingerprint density at radius 2 is 1.97 bits per heavy atom. The molecule has 1 aliphatic rings. The lowest BCUT2D eigenvalue weighted by molar-refractivity contribution is -0.286. The van der Waals surface area contributed by atoms with Crippen LogP contribution in [0.15, 0.2) is 57.9 Å². The van der Waals surface area contributed by atoms with Gasteiger partial charge >= 0.3 is 6.29 Å². The quantitative estimate of drug-likeness (QED) is 0.445. The summed E-state index contributed by atoms with van der Waals surface area (Å²) in [5.41, 5.74) is 0.387. The molecule has 0 atom stereocenters. The van der Waals surface area contributed by atoms with Crippen LogP contribution in [0.1, 0.15) is 12.5 Å². The van der Waals surface area contributed by atoms with Gasteiger partial charge in [-0.25, -0.2) is 4.68 Å². The van der Waals surface area contributed by atoms with E-state index in [1.807, 2.05) is 6.07 Å². The number of fused-ring (bicyclic) bond motifs is 2. The number of nitriles is 1. The SMILES string of the molecule is CCN(C(=O)Cn1nc(-c2cc(O)cc(C#N)c2)c2occc2c1=O)c1ccc2c(c1)OC(F)(F)O2. The number of aromatic hydroxyl groups is 1. The van der Waals surface area contributed by atoms with Crippen LogP contribution in [0.3, 0.4) is 0 Å². The predicted molar refractivity (Wildman–Crippen MR) is 121 cm³/mol. The third kappa shape index (κ3) is 3.96. The second-order valence-corrected chi connectivity index (χ2v) is 7.79. The Morgan fingerprint density at radius 1 is 1.19 bits per heavy atom. The minimum atomic E-state index is -3.80. The number of rotatable bonds is 5. The molecule has 2 aromatic carbocycles. The fourth-order valence-electron chi connectivity index (χ4n) is 3.94. The van der Waals surface area contributed by atoms with Gasteiger partial charge in [0.15, 0.2) is 17.1 Å². The number of carbonyl (C=O) groups is 1. The van der Waals surface area contributed by atoms with E-state index in [0.29, 0.717) is 5.56 Å². The average Bonchev–Trinajstić information content (AvgIpc) is 3.44. The number of benzene rings is 2. The van der Waals surface area contributed by atoms with Crippen LogP contribution in [-0.2, 0) is 11.3 Å². The lowest BCUT2D eigenvalue weighted by Crippen LogP contribution is -2.37. The maximum Gasteiger partial charge on any atom is 0.586 e. The number of phenols is 1. The van der Waals surface area contributed by atoms with Crippen molar-refractivity contribution in [3.05, 3.63) is 64.6 Å². The van der Waals surface area contributed by atoms with Crippen molar-refractivity contribution in [3.8, 4) is 34.6 Å². The molecule has 4 aromatic rings. The third-order valence-electron chi connectivity index (χ3n) is 5.48. The van der Waals surface area contributed by atoms with E-state index in [4.69, 9.17) is 4.42 Å². The molecule has 5 rings (SSSR count). The van der Waals surface area contributed by atoms with E-state index in [9.17, 15) is 28.7 Å². The van der Waals surface area contributed by atoms with Crippen LogP contribution >= 0.6 is 0 Å². The summed E-state index contributed by atoms with van der Waals surface area (Å²) in [4.78, 5) is 27.5. The molecular weight excluding hydrogens is 478 g/mol. The molecule has 36 heavy (non-hydrogen) atoms. The van der Waals surface area contributed by atoms with Gasteiger partial charge in [0.2, 0.25) is 5.91 Å². The molecule has 0 saturated carbocycles. The van der Waals surface area contributed by atoms with E-state index in [-0.39, 0.29) is 51.7 Å². The third-order valence-corrected chi connectivity index (χ3v) is 5.48. The average molecular weight is 494 g/mol. The Hall–Kier alpha value is -4.92. The highest BCUT2D eigenvalue weighted by Crippen LogP contribution is 2.42. The smallest absolute Gasteiger partial charge is 0.508 e. The number of amides is 1. The Morgan fingerprint density at radius 3 is 2.72 bits per heavy atom. The molecule has 1 aliphatic heterocycles. The van der Waals surface area contributed by atoms with Gasteiger partial charge in [0.05, 0.1) is 23.3 Å². The minimum Gasteiger partial charge on any atom is -0.508 e. The first kappa shape index (κ1) is 22.9. The number of anilines is 1. The normalized spacial score (nSPS) is 13.5. The zero-order valence-corrected chi connectivity index (χ0v) is 18.6. The first-order chi connectivity index (χ1) is 17.2. The van der Waals surface area contributed by atoms with Crippen LogP contribution in [-0.4, -0.2) is 33.6 Å². The van der Waals surface area contributed by atoms with Crippen molar-refractivity contribution in [1.29, 1.82) is 5.26 Å². The molecular formula is C24H16F2N4O6. The van der Waals surface area contributed by atoms with Crippen molar-refractivity contribution >= 4 is 22.6 Å². The van der Waals surface area contributed by atoms with E-state index >= 15 is 0 Å². The Kier molecular flexibility index (Phi) is 5.32. The Balaban J connectivity index is 1.52. The van der Waals surface area contributed by atoms with Crippen LogP contribution in [0.4, 0.5) is 14.5 Å². The number of halogens is 2. The number of alkyl halides is 2. The number of carbonyl (C=O) groups excluding carboxylic acids is 1. The second-order valence-electron chi connectivity index (χ2n) is 7.79. The first-order valence-corrected chi connectivity index (χ1v) is 10.6. The Labute approximate surface area is 201 Å². The number of phenolic OH excluding ortho intramolecular Hbond substituents is 1. The summed E-state index contributed by atoms with van der Waals surface area (Å²) in [6.07, 6.45) is -2.51. The molecule has 0 saturated heterocycles. The molecule has 2 aromatic heterocycles. The lowest BCUT2D eigenvalue weighted by atomic mass is 10.1. The van der Waals surface area contributed by atoms with Gasteiger partial charge in [-0.05, 0) is 43.3 Å². The van der Waals surface area contributed by atoms with Gasteiger partial charge in [0, 0.05) is 23.9 Å². The molecule has 12 heteroatoms. The minimum absolute atomic E-state index is 0.127. The number of nitrogens with zero attached hydrogens (tertiary/aromatic N) is 4. The van der Waals surface area contributed by atoms with Gasteiger partial charge in [-0.15, -0.1) is 8.78 Å². The van der Waals surface area contributed by atoms with Crippen molar-refractivity contribution in [2.24, 2.45) is 0 Å². The van der Waals surface area contributed by atoms with Crippen LogP contribution in [0.5, 0.6) is 17.2 Å². The fourth-order valence-corrected chi connectivity index (χ4v) is 3.94. The molecule has 0 fully saturated rings. The van der Waals surface area contributed by atoms with Crippen LogP contribution in [0.2, 0.25) is 0 Å². The fraction of sp³-hybridized carbons (Fsp3) is 0.167. The van der Waals surface area contributed by atoms with Crippen LogP contribution in [0, 0.1) is 11.3 Å². The molecule has 0 radical (unpaired) electrons. The van der Waals surface area contributed by atoms with E-state index in [2.05, 4.69) is 14.6 Å². The van der Waals surface area contributed by atoms with E-state index in [1.54, 1.807) is 6.92 Å². The molecule has 0 unspecified atom stereocenters. The molecule has 182 valence electrons. The monoisotopic (exact) mass is 494 g/mol. The summed E-state index contributed by atoms with van der Waals surface area (Å²) >= 11 is 0. The van der Waals surface area contributed by atoms with Crippen LogP contribution in [0.25, 0.3) is 22.2 Å². The summed E-state index contributed by atoms with van der Waals surface area (Å²) in [7, 11) is 0. The maximum atomic E-state index is 13.4. The van der Waals surface area contributed by atoms with Gasteiger partial charge in [-0.3, -0.25) is 9.59 Å². The van der Waals surface area contributed by atoms with Crippen molar-refractivity contribution in [1.82, 2.24) is 9.78 Å². The number of hydrogen-bond acceptors (Lipinski definition) is 8. The van der Waals surface area contributed by atoms with Crippen molar-refractivity contribution in [2.75, 3.05) is 11.4 Å². The summed E-state index contributed by atoms with van der Waals surface area (Å²) in [5, 5.41) is 23.7. The largest absolute Gasteiger partial charge is 0.586 e. The van der Waals surface area contributed by atoms with Gasteiger partial charge < -0.3 is 23.9 Å². The zero-order chi connectivity index (χ0) is 25.6. The van der Waals surface area contributed by atoms with Gasteiger partial charge in [0.25, 0.3) is 5.56 Å². The zero-order valence-electron chi connectivity index (χ0n) is 18.6. The molecule has 0 spiro atoms. The summed E-state index contributed by atoms with van der Waals surface area (Å²) in [6.45, 7) is 1.34. The number of aromatic nitrogens is 2. The number of furan rings is 1. The predicted octanol–water partition coefficient (Wildman–Crippen LogP) is 3.61. The number of ether oxygens (including phenoxy) is 2. The van der Waals surface area contributed by atoms with Gasteiger partial charge in [0.1, 0.15) is 18.0 Å². The standard InChI is InChI=1S/C24H16F2N4O6/c1-2-29(15-3-4-18-19(10-15)36-24(25,26)35-18)20(32)12-30-23(33)17-5-6-34-22(17)21(28-30)14-7-13(11-27)8-16(31)9-14/h3-10,31H,2,12H2,1H3. The number of likely N-dealkylation sites (N-methyl/N-ethyl adjacent to an activating group) is 1. The van der Waals surface area contributed by atoms with E-state index < -0.39 is 24.3 Å². The lowest BCUT2D eigenvalue weighted by Gasteiger charge is -2.21. The molecule has 1 N–H and O–H groups in total. The second kappa shape index (κ2) is 8.38.